The van der Waals surface area contributed by atoms with Crippen LogP contribution in [0.15, 0.2) is 15.8 Å². The number of unbranched alkanes of at least 4 members (excludes halogenated alkanes) is 9. The summed E-state index contributed by atoms with van der Waals surface area (Å²) in [5.41, 5.74) is -1.07. The second-order valence-corrected chi connectivity index (χ2v) is 9.95. The molecule has 1 fully saturated rings. The van der Waals surface area contributed by atoms with E-state index in [-0.39, 0.29) is 6.61 Å². The van der Waals surface area contributed by atoms with Crippen LogP contribution in [-0.2, 0) is 14.2 Å². The third-order valence-electron chi connectivity index (χ3n) is 5.99. The second-order valence-electron chi connectivity index (χ2n) is 8.79. The van der Waals surface area contributed by atoms with Gasteiger partial charge in [-0.2, -0.15) is 0 Å². The van der Waals surface area contributed by atoms with Crippen LogP contribution in [0.3, 0.4) is 0 Å². The second kappa shape index (κ2) is 16.0. The molecule has 0 bridgehead atoms. The van der Waals surface area contributed by atoms with Crippen molar-refractivity contribution < 1.29 is 19.3 Å². The maximum absolute atomic E-state index is 12.4. The molecule has 2 N–H and O–H groups in total. The van der Waals surface area contributed by atoms with Crippen LogP contribution in [0.25, 0.3) is 0 Å². The van der Waals surface area contributed by atoms with Gasteiger partial charge in [0.05, 0.1) is 10.2 Å². The van der Waals surface area contributed by atoms with Gasteiger partial charge in [0, 0.05) is 19.4 Å². The maximum atomic E-state index is 12.4. The molecule has 0 aliphatic carbocycles. The predicted molar refractivity (Wildman–Crippen MR) is 137 cm³/mol. The molecule has 1 aromatic rings. The molecule has 9 heteroatoms. The number of nitrogens with one attached hydrogen (secondary N) is 1. The molecule has 190 valence electrons. The number of H-pyrrole nitrogens is 1. The van der Waals surface area contributed by atoms with Gasteiger partial charge in [-0.25, -0.2) is 4.79 Å². The monoisotopic (exact) mass is 580 g/mol. The van der Waals surface area contributed by atoms with Crippen LogP contribution in [0.1, 0.15) is 90.7 Å². The van der Waals surface area contributed by atoms with Gasteiger partial charge in [0.15, 0.2) is 6.23 Å². The molecule has 2 rings (SSSR count). The fourth-order valence-corrected chi connectivity index (χ4v) is 4.48. The minimum atomic E-state index is -1.04. The molecule has 0 radical (unpaired) electrons. The van der Waals surface area contributed by atoms with Crippen molar-refractivity contribution in [3.63, 3.8) is 0 Å². The van der Waals surface area contributed by atoms with E-state index in [9.17, 15) is 14.7 Å². The Morgan fingerprint density at radius 1 is 1.00 bits per heavy atom. The summed E-state index contributed by atoms with van der Waals surface area (Å²) in [6.45, 7) is 5.83. The first-order valence-electron chi connectivity index (χ1n) is 12.5. The molecule has 4 unspecified atom stereocenters. The van der Waals surface area contributed by atoms with Gasteiger partial charge in [-0.1, -0.05) is 71.6 Å². The number of hydrogen-bond acceptors (Lipinski definition) is 6. The standard InChI is InChI=1S/C24H41IN2O6/c1-3-5-7-9-11-13-15-32-21-19(17-31-14-12-10-8-6-4-2)33-23(20(21)28)27-16-18(25)22(29)26-24(27)30/h16,19-21,23,28H,3-15,17H2,1-2H3,(H,26,29,30). The molecule has 1 saturated heterocycles. The summed E-state index contributed by atoms with van der Waals surface area (Å²) < 4.78 is 19.5. The highest BCUT2D eigenvalue weighted by molar-refractivity contribution is 14.1. The van der Waals surface area contributed by atoms with E-state index in [1.807, 2.05) is 22.6 Å². The van der Waals surface area contributed by atoms with Crippen LogP contribution in [0.4, 0.5) is 0 Å². The van der Waals surface area contributed by atoms with Crippen molar-refractivity contribution in [2.75, 3.05) is 19.8 Å². The van der Waals surface area contributed by atoms with Crippen molar-refractivity contribution in [2.24, 2.45) is 0 Å². The molecule has 0 spiro atoms. The van der Waals surface area contributed by atoms with Gasteiger partial charge in [0.2, 0.25) is 0 Å². The average molecular weight is 581 g/mol. The Hall–Kier alpha value is -0.750. The zero-order valence-corrected chi connectivity index (χ0v) is 22.3. The normalized spacial score (nSPS) is 22.8. The third kappa shape index (κ3) is 9.43. The first-order chi connectivity index (χ1) is 16.0. The zero-order valence-electron chi connectivity index (χ0n) is 20.1. The van der Waals surface area contributed by atoms with Crippen molar-refractivity contribution in [3.8, 4) is 0 Å². The van der Waals surface area contributed by atoms with E-state index in [1.165, 1.54) is 55.7 Å². The van der Waals surface area contributed by atoms with Crippen molar-refractivity contribution >= 4 is 22.6 Å². The van der Waals surface area contributed by atoms with E-state index in [4.69, 9.17) is 14.2 Å². The van der Waals surface area contributed by atoms with Gasteiger partial charge in [-0.15, -0.1) is 0 Å². The Morgan fingerprint density at radius 2 is 1.61 bits per heavy atom. The fraction of sp³-hybridized carbons (Fsp3) is 0.833. The smallest absolute Gasteiger partial charge is 0.330 e. The van der Waals surface area contributed by atoms with Gasteiger partial charge in [0.25, 0.3) is 5.56 Å². The van der Waals surface area contributed by atoms with Gasteiger partial charge in [-0.3, -0.25) is 14.3 Å². The number of nitrogens with zero attached hydrogens (tertiary/aromatic N) is 1. The highest BCUT2D eigenvalue weighted by Gasteiger charge is 2.46. The van der Waals surface area contributed by atoms with E-state index in [1.54, 1.807) is 0 Å². The molecule has 33 heavy (non-hydrogen) atoms. The fourth-order valence-electron chi connectivity index (χ4n) is 4.05. The van der Waals surface area contributed by atoms with Crippen LogP contribution in [-0.4, -0.2) is 52.8 Å². The van der Waals surface area contributed by atoms with Crippen LogP contribution >= 0.6 is 22.6 Å². The van der Waals surface area contributed by atoms with E-state index in [2.05, 4.69) is 18.8 Å². The van der Waals surface area contributed by atoms with Crippen molar-refractivity contribution in [1.82, 2.24) is 9.55 Å². The molecular formula is C24H41IN2O6. The molecule has 2 heterocycles. The summed E-state index contributed by atoms with van der Waals surface area (Å²) in [6, 6.07) is 0. The summed E-state index contributed by atoms with van der Waals surface area (Å²) in [7, 11) is 0. The Kier molecular flexibility index (Phi) is 13.8. The van der Waals surface area contributed by atoms with Crippen LogP contribution in [0.5, 0.6) is 0 Å². The number of aliphatic hydroxyl groups excluding tert-OH is 1. The topological polar surface area (TPSA) is 103 Å². The summed E-state index contributed by atoms with van der Waals surface area (Å²) in [5.74, 6) is 0. The van der Waals surface area contributed by atoms with Crippen LogP contribution in [0, 0.1) is 3.57 Å². The van der Waals surface area contributed by atoms with E-state index < -0.39 is 35.8 Å². The molecule has 0 saturated carbocycles. The van der Waals surface area contributed by atoms with Crippen LogP contribution in [0.2, 0.25) is 0 Å². The number of rotatable bonds is 17. The number of halogens is 1. The minimum Gasteiger partial charge on any atom is -0.386 e. The summed E-state index contributed by atoms with van der Waals surface area (Å²) in [6.07, 6.45) is 11.0. The van der Waals surface area contributed by atoms with E-state index >= 15 is 0 Å². The largest absolute Gasteiger partial charge is 0.386 e. The third-order valence-corrected chi connectivity index (χ3v) is 6.76. The lowest BCUT2D eigenvalue weighted by Crippen LogP contribution is -2.40. The highest BCUT2D eigenvalue weighted by Crippen LogP contribution is 2.31. The SMILES string of the molecule is CCCCCCCCOC1C(COCCCCCCC)OC(n2cc(I)c(=O)[nH]c2=O)C1O. The number of aliphatic hydroxyl groups is 1. The molecule has 8 nitrogen and oxygen atoms in total. The maximum Gasteiger partial charge on any atom is 0.330 e. The molecule has 1 aromatic heterocycles. The molecular weight excluding hydrogens is 539 g/mol. The summed E-state index contributed by atoms with van der Waals surface area (Å²) in [5, 5.41) is 11.0. The number of ether oxygens (including phenoxy) is 3. The number of aromatic nitrogens is 2. The van der Waals surface area contributed by atoms with Gasteiger partial charge in [0.1, 0.15) is 18.3 Å². The summed E-state index contributed by atoms with van der Waals surface area (Å²) >= 11 is 1.86. The number of aromatic amines is 1. The quantitative estimate of drug-likeness (QED) is 0.212. The lowest BCUT2D eigenvalue weighted by molar-refractivity contribution is -0.0780. The molecule has 0 aromatic carbocycles. The first-order valence-corrected chi connectivity index (χ1v) is 13.6. The van der Waals surface area contributed by atoms with Crippen molar-refractivity contribution in [1.29, 1.82) is 0 Å². The predicted octanol–water partition coefficient (Wildman–Crippen LogP) is 4.13. The molecule has 1 aliphatic heterocycles. The lowest BCUT2D eigenvalue weighted by atomic mass is 10.1. The Morgan fingerprint density at radius 3 is 2.27 bits per heavy atom. The molecule has 1 aliphatic rings. The van der Waals surface area contributed by atoms with E-state index in [0.29, 0.717) is 16.8 Å². The minimum absolute atomic E-state index is 0.289. The molecule has 4 atom stereocenters. The first kappa shape index (κ1) is 28.5. The lowest BCUT2D eigenvalue weighted by Gasteiger charge is -2.21. The van der Waals surface area contributed by atoms with Crippen molar-refractivity contribution in [3.05, 3.63) is 30.6 Å². The number of hydrogen-bond donors (Lipinski definition) is 2. The average Bonchev–Trinajstić information content (AvgIpc) is 3.10. The Balaban J connectivity index is 1.95. The van der Waals surface area contributed by atoms with E-state index in [0.717, 1.165) is 25.7 Å². The van der Waals surface area contributed by atoms with Crippen LogP contribution < -0.4 is 11.2 Å². The van der Waals surface area contributed by atoms with Gasteiger partial charge in [-0.05, 0) is 35.4 Å². The zero-order chi connectivity index (χ0) is 24.1. The Bertz CT molecular complexity index is 783. The summed E-state index contributed by atoms with van der Waals surface area (Å²) in [4.78, 5) is 26.3. The van der Waals surface area contributed by atoms with Gasteiger partial charge < -0.3 is 19.3 Å². The molecule has 0 amide bonds. The van der Waals surface area contributed by atoms with Crippen molar-refractivity contribution in [2.45, 2.75) is 109 Å². The highest BCUT2D eigenvalue weighted by atomic mass is 127. The Labute approximate surface area is 210 Å². The van der Waals surface area contributed by atoms with Gasteiger partial charge >= 0.3 is 5.69 Å².